The molecule has 3 heterocycles. The number of aromatic nitrogens is 2. The number of pyridine rings is 2. The number of amides is 1. The van der Waals surface area contributed by atoms with Gasteiger partial charge in [0.05, 0.1) is 19.7 Å². The largest absolute Gasteiger partial charge is 0.450 e. The fourth-order valence-corrected chi connectivity index (χ4v) is 2.71. The van der Waals surface area contributed by atoms with Gasteiger partial charge in [0.25, 0.3) is 0 Å². The van der Waals surface area contributed by atoms with Crippen LogP contribution in [-0.2, 0) is 9.53 Å². The number of hydrogen-bond acceptors (Lipinski definition) is 5. The predicted molar refractivity (Wildman–Crippen MR) is 98.0 cm³/mol. The molecule has 1 aliphatic rings. The van der Waals surface area contributed by atoms with Gasteiger partial charge >= 0.3 is 6.09 Å². The van der Waals surface area contributed by atoms with Crippen LogP contribution in [-0.4, -0.2) is 46.4 Å². The van der Waals surface area contributed by atoms with Crippen molar-refractivity contribution >= 4 is 24.0 Å². The molecule has 2 aromatic heterocycles. The predicted octanol–water partition coefficient (Wildman–Crippen LogP) is 2.98. The van der Waals surface area contributed by atoms with Gasteiger partial charge in [-0.3, -0.25) is 19.7 Å². The standard InChI is InChI=1S/C20H19N3O3/c1-2-26-20(25)23-13-17(9-15-5-3-7-21-11-15)19(24)18(14-23)10-16-6-4-8-22-12-16/h3-12H,2,13-14H2,1H3. The highest BCUT2D eigenvalue weighted by atomic mass is 16.6. The maximum atomic E-state index is 12.9. The zero-order valence-corrected chi connectivity index (χ0v) is 14.5. The first-order valence-electron chi connectivity index (χ1n) is 8.35. The smallest absolute Gasteiger partial charge is 0.410 e. The topological polar surface area (TPSA) is 72.4 Å². The van der Waals surface area contributed by atoms with Crippen LogP contribution in [0.3, 0.4) is 0 Å². The van der Waals surface area contributed by atoms with Gasteiger partial charge < -0.3 is 4.74 Å². The third-order valence-electron chi connectivity index (χ3n) is 3.88. The average molecular weight is 349 g/mol. The summed E-state index contributed by atoms with van der Waals surface area (Å²) in [6.45, 7) is 2.45. The third kappa shape index (κ3) is 4.22. The van der Waals surface area contributed by atoms with E-state index in [2.05, 4.69) is 9.97 Å². The molecule has 0 spiro atoms. The Kier molecular flexibility index (Phi) is 5.53. The molecule has 0 radical (unpaired) electrons. The molecule has 26 heavy (non-hydrogen) atoms. The zero-order valence-electron chi connectivity index (χ0n) is 14.5. The number of hydrogen-bond donors (Lipinski definition) is 0. The Hall–Kier alpha value is -3.28. The molecule has 0 aliphatic carbocycles. The number of carbonyl (C=O) groups excluding carboxylic acids is 2. The van der Waals surface area contributed by atoms with Crippen molar-refractivity contribution in [2.24, 2.45) is 0 Å². The SMILES string of the molecule is CCOC(=O)N1CC(=Cc2cccnc2)C(=O)C(=Cc2cccnc2)C1. The molecule has 0 saturated carbocycles. The van der Waals surface area contributed by atoms with Crippen LogP contribution >= 0.6 is 0 Å². The van der Waals surface area contributed by atoms with Crippen molar-refractivity contribution in [2.45, 2.75) is 6.92 Å². The second kappa shape index (κ2) is 8.20. The number of ether oxygens (including phenoxy) is 1. The first kappa shape index (κ1) is 17.5. The summed E-state index contributed by atoms with van der Waals surface area (Å²) < 4.78 is 5.11. The molecule has 6 nitrogen and oxygen atoms in total. The minimum absolute atomic E-state index is 0.0849. The maximum absolute atomic E-state index is 12.9. The van der Waals surface area contributed by atoms with Gasteiger partial charge in [-0.1, -0.05) is 12.1 Å². The third-order valence-corrected chi connectivity index (χ3v) is 3.88. The zero-order chi connectivity index (χ0) is 18.4. The highest BCUT2D eigenvalue weighted by Crippen LogP contribution is 2.22. The lowest BCUT2D eigenvalue weighted by molar-refractivity contribution is -0.113. The van der Waals surface area contributed by atoms with Crippen molar-refractivity contribution in [1.82, 2.24) is 14.9 Å². The summed E-state index contributed by atoms with van der Waals surface area (Å²) in [5.41, 5.74) is 2.66. The minimum atomic E-state index is -0.436. The summed E-state index contributed by atoms with van der Waals surface area (Å²) in [7, 11) is 0. The van der Waals surface area contributed by atoms with Gasteiger partial charge in [-0.2, -0.15) is 0 Å². The number of piperidine rings is 1. The van der Waals surface area contributed by atoms with E-state index in [1.165, 1.54) is 4.90 Å². The molecule has 6 heteroatoms. The van der Waals surface area contributed by atoms with E-state index in [1.807, 2.05) is 12.1 Å². The van der Waals surface area contributed by atoms with E-state index in [4.69, 9.17) is 4.74 Å². The monoisotopic (exact) mass is 349 g/mol. The van der Waals surface area contributed by atoms with Crippen molar-refractivity contribution in [3.8, 4) is 0 Å². The van der Waals surface area contributed by atoms with E-state index in [0.29, 0.717) is 11.1 Å². The lowest BCUT2D eigenvalue weighted by atomic mass is 9.95. The average Bonchev–Trinajstić information content (AvgIpc) is 2.66. The van der Waals surface area contributed by atoms with Gasteiger partial charge in [0.1, 0.15) is 0 Å². The van der Waals surface area contributed by atoms with Crippen molar-refractivity contribution in [3.05, 3.63) is 71.3 Å². The molecule has 0 bridgehead atoms. The van der Waals surface area contributed by atoms with Gasteiger partial charge in [-0.05, 0) is 42.3 Å². The van der Waals surface area contributed by atoms with Gasteiger partial charge in [0, 0.05) is 35.9 Å². The van der Waals surface area contributed by atoms with E-state index in [9.17, 15) is 9.59 Å². The van der Waals surface area contributed by atoms with Crippen molar-refractivity contribution in [3.63, 3.8) is 0 Å². The Labute approximate surface area is 151 Å². The van der Waals surface area contributed by atoms with Crippen LogP contribution in [0.1, 0.15) is 18.1 Å². The Balaban J connectivity index is 1.96. The molecule has 1 aliphatic heterocycles. The Bertz CT molecular complexity index is 784. The normalized spacial score (nSPS) is 17.6. The molecule has 1 fully saturated rings. The van der Waals surface area contributed by atoms with Crippen LogP contribution in [0.25, 0.3) is 12.2 Å². The Morgan fingerprint density at radius 1 is 1.08 bits per heavy atom. The minimum Gasteiger partial charge on any atom is -0.450 e. The van der Waals surface area contributed by atoms with E-state index in [0.717, 1.165) is 11.1 Å². The number of nitrogens with zero attached hydrogens (tertiary/aromatic N) is 3. The Morgan fingerprint density at radius 2 is 1.62 bits per heavy atom. The molecule has 0 aromatic carbocycles. The van der Waals surface area contributed by atoms with Crippen LogP contribution in [0.15, 0.2) is 60.2 Å². The molecule has 3 rings (SSSR count). The summed E-state index contributed by atoms with van der Waals surface area (Å²) in [5.74, 6) is -0.0849. The molecule has 2 aromatic rings. The first-order valence-corrected chi connectivity index (χ1v) is 8.35. The van der Waals surface area contributed by atoms with E-state index < -0.39 is 6.09 Å². The maximum Gasteiger partial charge on any atom is 0.410 e. The molecule has 0 N–H and O–H groups in total. The molecular weight excluding hydrogens is 330 g/mol. The molecule has 1 amide bonds. The number of carbonyl (C=O) groups is 2. The molecule has 132 valence electrons. The Morgan fingerprint density at radius 3 is 2.04 bits per heavy atom. The van der Waals surface area contributed by atoms with E-state index in [-0.39, 0.29) is 25.5 Å². The molecule has 1 saturated heterocycles. The lowest BCUT2D eigenvalue weighted by Crippen LogP contribution is -2.41. The highest BCUT2D eigenvalue weighted by Gasteiger charge is 2.29. The van der Waals surface area contributed by atoms with Crippen LogP contribution in [0.5, 0.6) is 0 Å². The van der Waals surface area contributed by atoms with Crippen LogP contribution < -0.4 is 0 Å². The summed E-state index contributed by atoms with van der Waals surface area (Å²) in [6, 6.07) is 7.33. The highest BCUT2D eigenvalue weighted by molar-refractivity contribution is 6.15. The second-order valence-corrected chi connectivity index (χ2v) is 5.80. The summed E-state index contributed by atoms with van der Waals surface area (Å²) in [6.07, 6.45) is 9.78. The van der Waals surface area contributed by atoms with Crippen molar-refractivity contribution in [2.75, 3.05) is 19.7 Å². The fourth-order valence-electron chi connectivity index (χ4n) is 2.71. The molecule has 0 atom stereocenters. The second-order valence-electron chi connectivity index (χ2n) is 5.80. The van der Waals surface area contributed by atoms with E-state index >= 15 is 0 Å². The van der Waals surface area contributed by atoms with E-state index in [1.54, 1.807) is 56.0 Å². The molecular formula is C20H19N3O3. The van der Waals surface area contributed by atoms with Crippen LogP contribution in [0.2, 0.25) is 0 Å². The van der Waals surface area contributed by atoms with Gasteiger partial charge in [-0.25, -0.2) is 4.79 Å². The van der Waals surface area contributed by atoms with Gasteiger partial charge in [-0.15, -0.1) is 0 Å². The fraction of sp³-hybridized carbons (Fsp3) is 0.200. The summed E-state index contributed by atoms with van der Waals surface area (Å²) in [4.78, 5) is 34.8. The first-order chi connectivity index (χ1) is 12.7. The van der Waals surface area contributed by atoms with Gasteiger partial charge in [0.15, 0.2) is 5.78 Å². The van der Waals surface area contributed by atoms with Crippen LogP contribution in [0.4, 0.5) is 4.79 Å². The number of rotatable bonds is 3. The van der Waals surface area contributed by atoms with Crippen molar-refractivity contribution < 1.29 is 14.3 Å². The van der Waals surface area contributed by atoms with Crippen molar-refractivity contribution in [1.29, 1.82) is 0 Å². The van der Waals surface area contributed by atoms with Gasteiger partial charge in [0.2, 0.25) is 0 Å². The number of likely N-dealkylation sites (tertiary alicyclic amines) is 1. The van der Waals surface area contributed by atoms with Crippen LogP contribution in [0, 0.1) is 0 Å². The molecule has 0 unspecified atom stereocenters. The lowest BCUT2D eigenvalue weighted by Gasteiger charge is -2.29. The summed E-state index contributed by atoms with van der Waals surface area (Å²) >= 11 is 0. The number of ketones is 1. The summed E-state index contributed by atoms with van der Waals surface area (Å²) in [5, 5.41) is 0. The quantitative estimate of drug-likeness (QED) is 0.797. The number of Topliss-reactive ketones (excluding diaryl/α,β-unsaturated/α-hetero) is 1.